The van der Waals surface area contributed by atoms with Crippen LogP contribution in [0, 0.1) is 11.3 Å². The Bertz CT molecular complexity index is 246. The molecule has 1 heteroatoms. The number of rotatable bonds is 1. The van der Waals surface area contributed by atoms with Gasteiger partial charge < -0.3 is 5.41 Å². The Balaban J connectivity index is 2.91. The third-order valence-corrected chi connectivity index (χ3v) is 2.59. The van der Waals surface area contributed by atoms with Gasteiger partial charge in [0.05, 0.1) is 5.71 Å². The summed E-state index contributed by atoms with van der Waals surface area (Å²) >= 11 is 0. The van der Waals surface area contributed by atoms with E-state index in [9.17, 15) is 0 Å². The fourth-order valence-corrected chi connectivity index (χ4v) is 1.72. The lowest BCUT2D eigenvalue weighted by Gasteiger charge is -2.22. The Morgan fingerprint density at radius 1 is 1.67 bits per heavy atom. The lowest BCUT2D eigenvalue weighted by Crippen LogP contribution is -2.13. The van der Waals surface area contributed by atoms with Gasteiger partial charge in [0.2, 0.25) is 0 Å². The van der Waals surface area contributed by atoms with Crippen LogP contribution in [0.5, 0.6) is 0 Å². The molecule has 1 rings (SSSR count). The molecule has 1 atom stereocenters. The van der Waals surface area contributed by atoms with Gasteiger partial charge in [0.25, 0.3) is 0 Å². The van der Waals surface area contributed by atoms with Crippen molar-refractivity contribution in [1.29, 1.82) is 5.41 Å². The van der Waals surface area contributed by atoms with Gasteiger partial charge in [0.15, 0.2) is 0 Å². The first-order chi connectivity index (χ1) is 5.69. The fourth-order valence-electron chi connectivity index (χ4n) is 1.72. The number of hydrogen-bond donors (Lipinski definition) is 1. The van der Waals surface area contributed by atoms with Crippen LogP contribution in [0.4, 0.5) is 0 Å². The summed E-state index contributed by atoms with van der Waals surface area (Å²) in [6.45, 7) is 6.42. The molecule has 0 bridgehead atoms. The maximum absolute atomic E-state index is 7.72. The summed E-state index contributed by atoms with van der Waals surface area (Å²) in [4.78, 5) is 0. The normalized spacial score (nSPS) is 27.6. The zero-order valence-corrected chi connectivity index (χ0v) is 8.15. The third-order valence-electron chi connectivity index (χ3n) is 2.59. The largest absolute Gasteiger partial charge is 0.301 e. The topological polar surface area (TPSA) is 23.9 Å². The maximum Gasteiger partial charge on any atom is 0.0568 e. The van der Waals surface area contributed by atoms with E-state index in [0.29, 0.717) is 11.6 Å². The Morgan fingerprint density at radius 3 is 2.83 bits per heavy atom. The molecule has 0 aromatic carbocycles. The second kappa shape index (κ2) is 3.70. The molecule has 0 heterocycles. The minimum atomic E-state index is 0.635. The maximum atomic E-state index is 7.72. The van der Waals surface area contributed by atoms with Crippen molar-refractivity contribution in [1.82, 2.24) is 0 Å². The second-order valence-corrected chi connectivity index (χ2v) is 3.41. The van der Waals surface area contributed by atoms with Gasteiger partial charge in [0.1, 0.15) is 0 Å². The van der Waals surface area contributed by atoms with E-state index in [0.717, 1.165) is 12.8 Å². The molecule has 0 aromatic heterocycles. The summed E-state index contributed by atoms with van der Waals surface area (Å²) in [7, 11) is 0. The molecule has 1 aliphatic rings. The van der Waals surface area contributed by atoms with E-state index >= 15 is 0 Å². The molecule has 12 heavy (non-hydrogen) atoms. The van der Waals surface area contributed by atoms with Crippen LogP contribution in [-0.2, 0) is 0 Å². The highest BCUT2D eigenvalue weighted by Crippen LogP contribution is 2.27. The molecular formula is C11H17N. The molecule has 0 saturated heterocycles. The van der Waals surface area contributed by atoms with E-state index in [4.69, 9.17) is 5.41 Å². The molecule has 0 radical (unpaired) electrons. The van der Waals surface area contributed by atoms with Crippen molar-refractivity contribution in [3.8, 4) is 0 Å². The molecule has 0 spiro atoms. The van der Waals surface area contributed by atoms with Crippen molar-refractivity contribution in [2.75, 3.05) is 0 Å². The Kier molecular flexibility index (Phi) is 2.85. The van der Waals surface area contributed by atoms with Gasteiger partial charge >= 0.3 is 0 Å². The van der Waals surface area contributed by atoms with E-state index in [1.807, 2.05) is 13.0 Å². The van der Waals surface area contributed by atoms with Gasteiger partial charge in [-0.15, -0.1) is 0 Å². The number of nitrogens with one attached hydrogen (secondary N) is 1. The smallest absolute Gasteiger partial charge is 0.0568 e. The Morgan fingerprint density at radius 2 is 2.33 bits per heavy atom. The molecule has 1 unspecified atom stereocenters. The molecule has 1 N–H and O–H groups in total. The highest BCUT2D eigenvalue weighted by atomic mass is 14.4. The zero-order valence-electron chi connectivity index (χ0n) is 8.15. The van der Waals surface area contributed by atoms with E-state index in [2.05, 4.69) is 19.9 Å². The molecule has 1 nitrogen and oxygen atoms in total. The summed E-state index contributed by atoms with van der Waals surface area (Å²) in [6, 6.07) is 0. The summed E-state index contributed by atoms with van der Waals surface area (Å²) in [6.07, 6.45) is 6.22. The van der Waals surface area contributed by atoms with Crippen LogP contribution < -0.4 is 0 Å². The van der Waals surface area contributed by atoms with E-state index in [1.165, 1.54) is 11.1 Å². The van der Waals surface area contributed by atoms with Crippen LogP contribution in [0.1, 0.15) is 33.6 Å². The fraction of sp³-hybridized carbons (Fsp3) is 0.545. The molecule has 0 aromatic rings. The standard InChI is InChI=1S/C11H17N/c1-4-9-7-11(12)10(5-2)6-8(9)3/h5,7-8,12H,4,6H2,1-3H3/b10-5-,12-11?. The summed E-state index contributed by atoms with van der Waals surface area (Å²) in [5.41, 5.74) is 3.33. The zero-order chi connectivity index (χ0) is 9.14. The van der Waals surface area contributed by atoms with Gasteiger partial charge in [-0.2, -0.15) is 0 Å². The minimum Gasteiger partial charge on any atom is -0.301 e. The first kappa shape index (κ1) is 9.24. The first-order valence-electron chi connectivity index (χ1n) is 4.63. The summed E-state index contributed by atoms with van der Waals surface area (Å²) in [5, 5.41) is 7.72. The van der Waals surface area contributed by atoms with Gasteiger partial charge in [-0.25, -0.2) is 0 Å². The lowest BCUT2D eigenvalue weighted by molar-refractivity contribution is 0.650. The summed E-state index contributed by atoms with van der Waals surface area (Å²) < 4.78 is 0. The van der Waals surface area contributed by atoms with Crippen molar-refractivity contribution in [2.45, 2.75) is 33.6 Å². The quantitative estimate of drug-likeness (QED) is 0.613. The number of allylic oxidation sites excluding steroid dienone is 4. The van der Waals surface area contributed by atoms with Crippen LogP contribution in [0.2, 0.25) is 0 Å². The highest BCUT2D eigenvalue weighted by Gasteiger charge is 2.17. The third kappa shape index (κ3) is 1.66. The van der Waals surface area contributed by atoms with Crippen molar-refractivity contribution >= 4 is 5.71 Å². The molecule has 0 saturated carbocycles. The van der Waals surface area contributed by atoms with Gasteiger partial charge in [-0.1, -0.05) is 25.5 Å². The Hall–Kier alpha value is -0.850. The van der Waals surface area contributed by atoms with Gasteiger partial charge in [-0.05, 0) is 37.3 Å². The number of hydrogen-bond acceptors (Lipinski definition) is 1. The molecule has 66 valence electrons. The molecule has 0 amide bonds. The molecular weight excluding hydrogens is 146 g/mol. The van der Waals surface area contributed by atoms with Crippen molar-refractivity contribution in [3.63, 3.8) is 0 Å². The van der Waals surface area contributed by atoms with Gasteiger partial charge in [-0.3, -0.25) is 0 Å². The predicted octanol–water partition coefficient (Wildman–Crippen LogP) is 3.33. The predicted molar refractivity (Wildman–Crippen MR) is 53.6 cm³/mol. The molecule has 0 fully saturated rings. The van der Waals surface area contributed by atoms with Crippen LogP contribution in [0.3, 0.4) is 0 Å². The lowest BCUT2D eigenvalue weighted by atomic mass is 9.83. The monoisotopic (exact) mass is 163 g/mol. The minimum absolute atomic E-state index is 0.635. The van der Waals surface area contributed by atoms with E-state index in [-0.39, 0.29) is 0 Å². The van der Waals surface area contributed by atoms with Crippen molar-refractivity contribution in [3.05, 3.63) is 23.3 Å². The molecule has 0 aliphatic heterocycles. The van der Waals surface area contributed by atoms with Gasteiger partial charge in [0, 0.05) is 0 Å². The highest BCUT2D eigenvalue weighted by molar-refractivity contribution is 6.07. The Labute approximate surface area is 74.7 Å². The van der Waals surface area contributed by atoms with Crippen LogP contribution in [0.25, 0.3) is 0 Å². The second-order valence-electron chi connectivity index (χ2n) is 3.41. The van der Waals surface area contributed by atoms with Crippen molar-refractivity contribution in [2.24, 2.45) is 5.92 Å². The van der Waals surface area contributed by atoms with Crippen LogP contribution in [-0.4, -0.2) is 5.71 Å². The van der Waals surface area contributed by atoms with E-state index < -0.39 is 0 Å². The van der Waals surface area contributed by atoms with Crippen LogP contribution in [0.15, 0.2) is 23.3 Å². The van der Waals surface area contributed by atoms with E-state index in [1.54, 1.807) is 0 Å². The van der Waals surface area contributed by atoms with Crippen LogP contribution >= 0.6 is 0 Å². The first-order valence-corrected chi connectivity index (χ1v) is 4.63. The average Bonchev–Trinajstić information content (AvgIpc) is 2.08. The average molecular weight is 163 g/mol. The SMILES string of the molecule is C/C=C1/CC(C)C(CC)=CC1=N. The van der Waals surface area contributed by atoms with Crippen molar-refractivity contribution < 1.29 is 0 Å². The molecule has 1 aliphatic carbocycles. The summed E-state index contributed by atoms with van der Waals surface area (Å²) in [5.74, 6) is 0.635.